The summed E-state index contributed by atoms with van der Waals surface area (Å²) in [6.07, 6.45) is 0.316. The number of likely N-dealkylation sites (tertiary alicyclic amines) is 1. The second-order valence-corrected chi connectivity index (χ2v) is 10.2. The van der Waals surface area contributed by atoms with E-state index < -0.39 is 27.9 Å². The molecule has 9 heteroatoms. The predicted octanol–water partition coefficient (Wildman–Crippen LogP) is 4.15. The highest BCUT2D eigenvalue weighted by atomic mass is 35.5. The molecule has 0 aliphatic carbocycles. The Balaban J connectivity index is 1.80. The Morgan fingerprint density at radius 2 is 1.76 bits per heavy atom. The first-order valence-electron chi connectivity index (χ1n) is 11.2. The van der Waals surface area contributed by atoms with Gasteiger partial charge in [0.2, 0.25) is 5.91 Å². The van der Waals surface area contributed by atoms with E-state index >= 15 is 0 Å². The molecule has 0 spiro atoms. The van der Waals surface area contributed by atoms with Crippen molar-refractivity contribution in [3.05, 3.63) is 74.8 Å². The quantitative estimate of drug-likeness (QED) is 0.469. The number of nitro groups is 1. The van der Waals surface area contributed by atoms with Crippen LogP contribution >= 0.6 is 11.6 Å². The van der Waals surface area contributed by atoms with Gasteiger partial charge in [0, 0.05) is 29.6 Å². The van der Waals surface area contributed by atoms with Gasteiger partial charge >= 0.3 is 0 Å². The summed E-state index contributed by atoms with van der Waals surface area (Å²) in [5, 5.41) is 26.2. The fourth-order valence-electron chi connectivity index (χ4n) is 4.53. The molecule has 1 saturated heterocycles. The van der Waals surface area contributed by atoms with Crippen molar-refractivity contribution >= 4 is 29.1 Å². The van der Waals surface area contributed by atoms with Crippen molar-refractivity contribution in [3.63, 3.8) is 0 Å². The second-order valence-electron chi connectivity index (χ2n) is 9.73. The van der Waals surface area contributed by atoms with Gasteiger partial charge in [-0.3, -0.25) is 19.7 Å². The first-order chi connectivity index (χ1) is 15.9. The molecule has 2 aromatic carbocycles. The smallest absolute Gasteiger partial charge is 0.282 e. The van der Waals surface area contributed by atoms with Gasteiger partial charge in [-0.05, 0) is 36.1 Å². The molecule has 34 heavy (non-hydrogen) atoms. The Morgan fingerprint density at radius 1 is 1.15 bits per heavy atom. The lowest BCUT2D eigenvalue weighted by atomic mass is 9.66. The van der Waals surface area contributed by atoms with Crippen LogP contribution in [0.1, 0.15) is 50.0 Å². The standard InChI is InChI=1S/C25H30ClN3O5/c1-16(2)21(27-22(30)19-7-5-6-8-20(19)29(33)34)23(31)28-14-13-25(32,24(3,4)15-28)17-9-11-18(26)12-10-17/h5-12,16,21,32H,13-15H2,1-4H3,(H,27,30)/t21-,25+/m1/s1. The van der Waals surface area contributed by atoms with Crippen molar-refractivity contribution in [3.8, 4) is 0 Å². The molecule has 3 rings (SSSR count). The largest absolute Gasteiger partial charge is 0.384 e. The summed E-state index contributed by atoms with van der Waals surface area (Å²) in [4.78, 5) is 38.7. The number of nitrogens with one attached hydrogen (secondary N) is 1. The number of amides is 2. The minimum atomic E-state index is -1.16. The number of hydrogen-bond acceptors (Lipinski definition) is 5. The van der Waals surface area contributed by atoms with Crippen LogP contribution in [0.4, 0.5) is 5.69 Å². The van der Waals surface area contributed by atoms with Crippen LogP contribution in [-0.2, 0) is 10.4 Å². The van der Waals surface area contributed by atoms with Gasteiger partial charge in [0.05, 0.1) is 10.5 Å². The topological polar surface area (TPSA) is 113 Å². The first kappa shape index (κ1) is 25.6. The van der Waals surface area contributed by atoms with E-state index in [9.17, 15) is 24.8 Å². The van der Waals surface area contributed by atoms with Gasteiger partial charge in [-0.15, -0.1) is 0 Å². The van der Waals surface area contributed by atoms with E-state index in [-0.39, 0.29) is 29.6 Å². The van der Waals surface area contributed by atoms with E-state index in [2.05, 4.69) is 5.32 Å². The summed E-state index contributed by atoms with van der Waals surface area (Å²) in [6.45, 7) is 7.99. The molecule has 0 unspecified atom stereocenters. The number of carbonyl (C=O) groups is 2. The normalized spacial score (nSPS) is 20.6. The zero-order valence-corrected chi connectivity index (χ0v) is 20.5. The zero-order valence-electron chi connectivity index (χ0n) is 19.7. The molecule has 1 heterocycles. The number of benzene rings is 2. The minimum Gasteiger partial charge on any atom is -0.384 e. The molecular formula is C25H30ClN3O5. The monoisotopic (exact) mass is 487 g/mol. The Hall–Kier alpha value is -2.97. The minimum absolute atomic E-state index is 0.0953. The average Bonchev–Trinajstić information content (AvgIpc) is 2.78. The van der Waals surface area contributed by atoms with Crippen LogP contribution in [0.15, 0.2) is 48.5 Å². The van der Waals surface area contributed by atoms with Gasteiger partial charge in [0.15, 0.2) is 0 Å². The Labute approximate surface area is 204 Å². The molecule has 1 fully saturated rings. The molecule has 2 aromatic rings. The Kier molecular flexibility index (Phi) is 7.33. The van der Waals surface area contributed by atoms with E-state index in [1.54, 1.807) is 49.1 Å². The number of hydrogen-bond donors (Lipinski definition) is 2. The number of para-hydroxylation sites is 1. The molecule has 0 saturated carbocycles. The lowest BCUT2D eigenvalue weighted by Gasteiger charge is -2.51. The lowest BCUT2D eigenvalue weighted by Crippen LogP contribution is -2.60. The van der Waals surface area contributed by atoms with Crippen LogP contribution in [0.25, 0.3) is 0 Å². The molecule has 2 amide bonds. The summed E-state index contributed by atoms with van der Waals surface area (Å²) in [5.41, 5.74) is -1.52. The molecule has 182 valence electrons. The van der Waals surface area contributed by atoms with Crippen LogP contribution in [-0.4, -0.2) is 45.9 Å². The maximum absolute atomic E-state index is 13.5. The number of aliphatic hydroxyl groups is 1. The molecule has 2 N–H and O–H groups in total. The second kappa shape index (κ2) is 9.72. The highest BCUT2D eigenvalue weighted by molar-refractivity contribution is 6.30. The molecule has 0 radical (unpaired) electrons. The summed E-state index contributed by atoms with van der Waals surface area (Å²) in [5.74, 6) is -1.21. The number of nitro benzene ring substituents is 1. The van der Waals surface area contributed by atoms with Crippen molar-refractivity contribution < 1.29 is 19.6 Å². The van der Waals surface area contributed by atoms with Crippen LogP contribution in [0.5, 0.6) is 0 Å². The van der Waals surface area contributed by atoms with Crippen LogP contribution in [0.3, 0.4) is 0 Å². The highest BCUT2D eigenvalue weighted by Crippen LogP contribution is 2.46. The summed E-state index contributed by atoms with van der Waals surface area (Å²) >= 11 is 6.00. The zero-order chi connectivity index (χ0) is 25.3. The Bertz CT molecular complexity index is 1090. The van der Waals surface area contributed by atoms with Crippen LogP contribution in [0, 0.1) is 21.4 Å². The number of carbonyl (C=O) groups excluding carboxylic acids is 2. The fourth-order valence-corrected chi connectivity index (χ4v) is 4.65. The number of piperidine rings is 1. The predicted molar refractivity (Wildman–Crippen MR) is 130 cm³/mol. The molecule has 0 bridgehead atoms. The van der Waals surface area contributed by atoms with Crippen molar-refractivity contribution in [2.75, 3.05) is 13.1 Å². The molecule has 1 aliphatic rings. The molecular weight excluding hydrogens is 458 g/mol. The molecule has 8 nitrogen and oxygen atoms in total. The number of nitrogens with zero attached hydrogens (tertiary/aromatic N) is 2. The molecule has 2 atom stereocenters. The lowest BCUT2D eigenvalue weighted by molar-refractivity contribution is -0.385. The van der Waals surface area contributed by atoms with Gasteiger partial charge in [0.1, 0.15) is 11.6 Å². The van der Waals surface area contributed by atoms with Gasteiger partial charge in [-0.1, -0.05) is 63.6 Å². The fraction of sp³-hybridized carbons (Fsp3) is 0.440. The van der Waals surface area contributed by atoms with E-state index in [0.29, 0.717) is 18.0 Å². The summed E-state index contributed by atoms with van der Waals surface area (Å²) in [6, 6.07) is 11.8. The highest BCUT2D eigenvalue weighted by Gasteiger charge is 2.50. The van der Waals surface area contributed by atoms with E-state index in [1.807, 2.05) is 13.8 Å². The van der Waals surface area contributed by atoms with Crippen molar-refractivity contribution in [2.24, 2.45) is 11.3 Å². The third kappa shape index (κ3) is 4.93. The number of halogens is 1. The van der Waals surface area contributed by atoms with E-state index in [4.69, 9.17) is 11.6 Å². The SMILES string of the molecule is CC(C)[C@@H](NC(=O)c1ccccc1[N+](=O)[O-])C(=O)N1CC[C@](O)(c2ccc(Cl)cc2)C(C)(C)C1. The van der Waals surface area contributed by atoms with Crippen LogP contribution < -0.4 is 5.32 Å². The molecule has 0 aromatic heterocycles. The van der Waals surface area contributed by atoms with Gasteiger partial charge in [-0.2, -0.15) is 0 Å². The van der Waals surface area contributed by atoms with Gasteiger partial charge in [-0.25, -0.2) is 0 Å². The summed E-state index contributed by atoms with van der Waals surface area (Å²) < 4.78 is 0. The molecule has 1 aliphatic heterocycles. The number of rotatable bonds is 6. The summed E-state index contributed by atoms with van der Waals surface area (Å²) in [7, 11) is 0. The Morgan fingerprint density at radius 3 is 2.32 bits per heavy atom. The van der Waals surface area contributed by atoms with E-state index in [0.717, 1.165) is 5.56 Å². The van der Waals surface area contributed by atoms with Crippen LogP contribution in [0.2, 0.25) is 5.02 Å². The van der Waals surface area contributed by atoms with Gasteiger partial charge < -0.3 is 15.3 Å². The van der Waals surface area contributed by atoms with Crippen molar-refractivity contribution in [1.82, 2.24) is 10.2 Å². The third-order valence-electron chi connectivity index (χ3n) is 6.65. The van der Waals surface area contributed by atoms with Gasteiger partial charge in [0.25, 0.3) is 11.6 Å². The third-order valence-corrected chi connectivity index (χ3v) is 6.90. The maximum atomic E-state index is 13.5. The maximum Gasteiger partial charge on any atom is 0.282 e. The first-order valence-corrected chi connectivity index (χ1v) is 11.6. The van der Waals surface area contributed by atoms with Crippen molar-refractivity contribution in [2.45, 2.75) is 45.8 Å². The van der Waals surface area contributed by atoms with Crippen molar-refractivity contribution in [1.29, 1.82) is 0 Å². The van der Waals surface area contributed by atoms with E-state index in [1.165, 1.54) is 18.2 Å². The average molecular weight is 488 g/mol.